The van der Waals surface area contributed by atoms with Crippen molar-refractivity contribution in [2.45, 2.75) is 32.1 Å². The van der Waals surface area contributed by atoms with Crippen LogP contribution in [0.1, 0.15) is 37.7 Å². The molecular formula is C14H22ClNO. The van der Waals surface area contributed by atoms with Crippen molar-refractivity contribution < 1.29 is 4.74 Å². The van der Waals surface area contributed by atoms with E-state index in [-0.39, 0.29) is 0 Å². The fraction of sp³-hybridized carbons (Fsp3) is 0.571. The lowest BCUT2D eigenvalue weighted by molar-refractivity contribution is 0.124. The van der Waals surface area contributed by atoms with Gasteiger partial charge in [0, 0.05) is 18.2 Å². The van der Waals surface area contributed by atoms with Crippen molar-refractivity contribution in [2.75, 3.05) is 19.8 Å². The molecule has 0 amide bonds. The standard InChI is InChI=1S/C14H22ClNO/c1-2-3-9-17-10-8-12(11-16)13-6-4-5-7-14(13)15/h4-7,12H,2-3,8-11,16H2,1H3. The minimum Gasteiger partial charge on any atom is -0.381 e. The van der Waals surface area contributed by atoms with Gasteiger partial charge in [-0.3, -0.25) is 0 Å². The Morgan fingerprint density at radius 1 is 1.29 bits per heavy atom. The fourth-order valence-electron chi connectivity index (χ4n) is 1.78. The van der Waals surface area contributed by atoms with Gasteiger partial charge in [0.25, 0.3) is 0 Å². The Balaban J connectivity index is 2.41. The van der Waals surface area contributed by atoms with E-state index in [0.717, 1.165) is 36.6 Å². The maximum atomic E-state index is 6.16. The summed E-state index contributed by atoms with van der Waals surface area (Å²) in [6.45, 7) is 4.38. The summed E-state index contributed by atoms with van der Waals surface area (Å²) in [5.74, 6) is 0.297. The lowest BCUT2D eigenvalue weighted by atomic mass is 9.96. The molecule has 2 N–H and O–H groups in total. The van der Waals surface area contributed by atoms with E-state index in [1.54, 1.807) is 0 Å². The van der Waals surface area contributed by atoms with Crippen LogP contribution in [0.3, 0.4) is 0 Å². The Kier molecular flexibility index (Phi) is 7.25. The monoisotopic (exact) mass is 255 g/mol. The minimum atomic E-state index is 0.297. The second kappa shape index (κ2) is 8.51. The fourth-order valence-corrected chi connectivity index (χ4v) is 2.07. The number of hydrogen-bond acceptors (Lipinski definition) is 2. The van der Waals surface area contributed by atoms with Crippen LogP contribution in [0.25, 0.3) is 0 Å². The molecule has 0 heterocycles. The van der Waals surface area contributed by atoms with E-state index in [2.05, 4.69) is 6.92 Å². The Morgan fingerprint density at radius 3 is 2.71 bits per heavy atom. The van der Waals surface area contributed by atoms with Crippen molar-refractivity contribution in [1.82, 2.24) is 0 Å². The SMILES string of the molecule is CCCCOCCC(CN)c1ccccc1Cl. The average Bonchev–Trinajstić information content (AvgIpc) is 2.35. The molecule has 0 spiro atoms. The van der Waals surface area contributed by atoms with Crippen molar-refractivity contribution in [3.63, 3.8) is 0 Å². The van der Waals surface area contributed by atoms with Crippen LogP contribution in [-0.4, -0.2) is 19.8 Å². The van der Waals surface area contributed by atoms with Crippen LogP contribution in [-0.2, 0) is 4.74 Å². The van der Waals surface area contributed by atoms with Gasteiger partial charge in [-0.05, 0) is 36.9 Å². The van der Waals surface area contributed by atoms with E-state index in [0.29, 0.717) is 12.5 Å². The summed E-state index contributed by atoms with van der Waals surface area (Å²) in [5, 5.41) is 0.802. The molecule has 96 valence electrons. The third-order valence-corrected chi connectivity index (χ3v) is 3.23. The van der Waals surface area contributed by atoms with E-state index in [4.69, 9.17) is 22.1 Å². The van der Waals surface area contributed by atoms with E-state index in [1.165, 1.54) is 6.42 Å². The molecule has 0 aliphatic rings. The molecule has 0 saturated carbocycles. The molecule has 1 unspecified atom stereocenters. The molecule has 0 aromatic heterocycles. The molecule has 17 heavy (non-hydrogen) atoms. The van der Waals surface area contributed by atoms with E-state index >= 15 is 0 Å². The maximum Gasteiger partial charge on any atom is 0.0472 e. The van der Waals surface area contributed by atoms with Crippen LogP contribution < -0.4 is 5.73 Å². The normalized spacial score (nSPS) is 12.6. The number of unbranched alkanes of at least 4 members (excludes halogenated alkanes) is 1. The Labute approximate surface area is 109 Å². The molecule has 0 saturated heterocycles. The van der Waals surface area contributed by atoms with Gasteiger partial charge in [-0.2, -0.15) is 0 Å². The summed E-state index contributed by atoms with van der Waals surface area (Å²) in [4.78, 5) is 0. The third kappa shape index (κ3) is 5.07. The van der Waals surface area contributed by atoms with Crippen molar-refractivity contribution >= 4 is 11.6 Å². The smallest absolute Gasteiger partial charge is 0.0472 e. The van der Waals surface area contributed by atoms with Crippen LogP contribution in [0, 0.1) is 0 Å². The van der Waals surface area contributed by atoms with Gasteiger partial charge in [0.1, 0.15) is 0 Å². The van der Waals surface area contributed by atoms with E-state index in [9.17, 15) is 0 Å². The first-order valence-electron chi connectivity index (χ1n) is 6.31. The number of ether oxygens (including phenoxy) is 1. The highest BCUT2D eigenvalue weighted by Gasteiger charge is 2.12. The van der Waals surface area contributed by atoms with Gasteiger partial charge >= 0.3 is 0 Å². The Morgan fingerprint density at radius 2 is 2.06 bits per heavy atom. The van der Waals surface area contributed by atoms with Crippen LogP contribution in [0.15, 0.2) is 24.3 Å². The lowest BCUT2D eigenvalue weighted by Crippen LogP contribution is -2.15. The first-order valence-corrected chi connectivity index (χ1v) is 6.69. The summed E-state index contributed by atoms with van der Waals surface area (Å²) in [5.41, 5.74) is 6.94. The van der Waals surface area contributed by atoms with Gasteiger partial charge in [0.05, 0.1) is 0 Å². The summed E-state index contributed by atoms with van der Waals surface area (Å²) in [6.07, 6.45) is 3.23. The molecule has 0 aliphatic carbocycles. The van der Waals surface area contributed by atoms with Crippen molar-refractivity contribution in [1.29, 1.82) is 0 Å². The van der Waals surface area contributed by atoms with Gasteiger partial charge in [-0.25, -0.2) is 0 Å². The quantitative estimate of drug-likeness (QED) is 0.721. The van der Waals surface area contributed by atoms with Crippen molar-refractivity contribution in [3.8, 4) is 0 Å². The second-order valence-electron chi connectivity index (χ2n) is 4.21. The Hall–Kier alpha value is -0.570. The molecule has 1 rings (SSSR count). The van der Waals surface area contributed by atoms with Gasteiger partial charge in [-0.1, -0.05) is 43.1 Å². The average molecular weight is 256 g/mol. The first-order chi connectivity index (χ1) is 8.29. The van der Waals surface area contributed by atoms with Crippen molar-refractivity contribution in [3.05, 3.63) is 34.9 Å². The largest absolute Gasteiger partial charge is 0.381 e. The van der Waals surface area contributed by atoms with Crippen LogP contribution in [0.4, 0.5) is 0 Å². The first kappa shape index (κ1) is 14.5. The highest BCUT2D eigenvalue weighted by atomic mass is 35.5. The summed E-state index contributed by atoms with van der Waals surface area (Å²) in [7, 11) is 0. The van der Waals surface area contributed by atoms with E-state index in [1.807, 2.05) is 24.3 Å². The van der Waals surface area contributed by atoms with Crippen LogP contribution in [0.2, 0.25) is 5.02 Å². The predicted molar refractivity (Wildman–Crippen MR) is 73.6 cm³/mol. The zero-order chi connectivity index (χ0) is 12.5. The molecule has 3 heteroatoms. The highest BCUT2D eigenvalue weighted by Crippen LogP contribution is 2.26. The highest BCUT2D eigenvalue weighted by molar-refractivity contribution is 6.31. The second-order valence-corrected chi connectivity index (χ2v) is 4.62. The Bertz CT molecular complexity index is 317. The van der Waals surface area contributed by atoms with Crippen LogP contribution >= 0.6 is 11.6 Å². The predicted octanol–water partition coefficient (Wildman–Crippen LogP) is 3.59. The maximum absolute atomic E-state index is 6.16. The van der Waals surface area contributed by atoms with Crippen molar-refractivity contribution in [2.24, 2.45) is 5.73 Å². The zero-order valence-corrected chi connectivity index (χ0v) is 11.2. The van der Waals surface area contributed by atoms with Gasteiger partial charge < -0.3 is 10.5 Å². The summed E-state index contributed by atoms with van der Waals surface area (Å²) in [6, 6.07) is 7.91. The third-order valence-electron chi connectivity index (χ3n) is 2.88. The molecule has 0 fully saturated rings. The summed E-state index contributed by atoms with van der Waals surface area (Å²) < 4.78 is 5.57. The van der Waals surface area contributed by atoms with E-state index < -0.39 is 0 Å². The number of benzene rings is 1. The number of hydrogen-bond donors (Lipinski definition) is 1. The zero-order valence-electron chi connectivity index (χ0n) is 10.5. The number of halogens is 1. The molecular weight excluding hydrogens is 234 g/mol. The van der Waals surface area contributed by atoms with Gasteiger partial charge in [0.2, 0.25) is 0 Å². The number of rotatable bonds is 8. The molecule has 0 aliphatic heterocycles. The van der Waals surface area contributed by atoms with Gasteiger partial charge in [-0.15, -0.1) is 0 Å². The molecule has 1 atom stereocenters. The minimum absolute atomic E-state index is 0.297. The number of nitrogens with two attached hydrogens (primary N) is 1. The molecule has 0 radical (unpaired) electrons. The molecule has 2 nitrogen and oxygen atoms in total. The lowest BCUT2D eigenvalue weighted by Gasteiger charge is -2.16. The molecule has 1 aromatic rings. The molecule has 1 aromatic carbocycles. The summed E-state index contributed by atoms with van der Waals surface area (Å²) >= 11 is 6.16. The van der Waals surface area contributed by atoms with Gasteiger partial charge in [0.15, 0.2) is 0 Å². The molecule has 0 bridgehead atoms. The topological polar surface area (TPSA) is 35.2 Å². The van der Waals surface area contributed by atoms with Crippen LogP contribution in [0.5, 0.6) is 0 Å².